The lowest BCUT2D eigenvalue weighted by atomic mass is 10.1. The van der Waals surface area contributed by atoms with E-state index in [1.165, 1.54) is 0 Å². The van der Waals surface area contributed by atoms with E-state index in [4.69, 9.17) is 0 Å². The average Bonchev–Trinajstić information content (AvgIpc) is 2.37. The maximum Gasteiger partial charge on any atom is 0.113 e. The first-order valence-electron chi connectivity index (χ1n) is 3.12. The van der Waals surface area contributed by atoms with Gasteiger partial charge in [-0.3, -0.25) is 0 Å². The molecule has 1 fully saturated rings. The molecule has 9 heavy (non-hydrogen) atoms. The van der Waals surface area contributed by atoms with Crippen LogP contribution < -0.4 is 0 Å². The van der Waals surface area contributed by atoms with Crippen molar-refractivity contribution < 1.29 is 4.39 Å². The maximum atomic E-state index is 12.8. The second-order valence-electron chi connectivity index (χ2n) is 2.29. The number of thioether (sulfide) groups is 1. The molecule has 0 aromatic carbocycles. The van der Waals surface area contributed by atoms with Crippen molar-refractivity contribution >= 4 is 27.7 Å². The molecular formula is C6H10BrFS. The summed E-state index contributed by atoms with van der Waals surface area (Å²) in [5.74, 6) is 2.50. The monoisotopic (exact) mass is 212 g/mol. The Morgan fingerprint density at radius 1 is 1.78 bits per heavy atom. The van der Waals surface area contributed by atoms with Gasteiger partial charge in [-0.15, -0.1) is 0 Å². The van der Waals surface area contributed by atoms with Gasteiger partial charge in [-0.2, -0.15) is 11.8 Å². The summed E-state index contributed by atoms with van der Waals surface area (Å²) < 4.78 is 12.8. The van der Waals surface area contributed by atoms with E-state index in [1.807, 2.05) is 11.8 Å². The normalized spacial score (nSPS) is 30.7. The fraction of sp³-hybridized carbons (Fsp3) is 1.00. The van der Waals surface area contributed by atoms with E-state index in [-0.39, 0.29) is 0 Å². The van der Waals surface area contributed by atoms with E-state index in [2.05, 4.69) is 15.9 Å². The molecule has 2 atom stereocenters. The lowest BCUT2D eigenvalue weighted by Crippen LogP contribution is -2.16. The zero-order valence-electron chi connectivity index (χ0n) is 5.15. The van der Waals surface area contributed by atoms with Crippen molar-refractivity contribution in [1.82, 2.24) is 0 Å². The van der Waals surface area contributed by atoms with Crippen molar-refractivity contribution in [3.8, 4) is 0 Å². The van der Waals surface area contributed by atoms with Crippen LogP contribution in [0.15, 0.2) is 0 Å². The lowest BCUT2D eigenvalue weighted by Gasteiger charge is -2.09. The molecule has 0 aromatic heterocycles. The highest BCUT2D eigenvalue weighted by atomic mass is 79.9. The predicted octanol–water partition coefficient (Wildman–Crippen LogP) is 2.47. The summed E-state index contributed by atoms with van der Waals surface area (Å²) in [4.78, 5) is 0. The number of rotatable bonds is 2. The van der Waals surface area contributed by atoms with Crippen molar-refractivity contribution in [1.29, 1.82) is 0 Å². The Hall–Kier alpha value is 0.760. The molecule has 1 aliphatic heterocycles. The summed E-state index contributed by atoms with van der Waals surface area (Å²) in [6.45, 7) is 0. The largest absolute Gasteiger partial charge is 0.246 e. The van der Waals surface area contributed by atoms with Crippen LogP contribution in [0.4, 0.5) is 4.39 Å². The Morgan fingerprint density at radius 3 is 3.00 bits per heavy atom. The highest BCUT2D eigenvalue weighted by Gasteiger charge is 2.23. The van der Waals surface area contributed by atoms with E-state index >= 15 is 0 Å². The average molecular weight is 213 g/mol. The zero-order valence-corrected chi connectivity index (χ0v) is 7.55. The standard InChI is InChI=1S/C6H10BrFS/c7-3-6(8)5-1-2-9-4-5/h5-6H,1-4H2. The van der Waals surface area contributed by atoms with Crippen molar-refractivity contribution in [3.05, 3.63) is 0 Å². The Balaban J connectivity index is 2.24. The zero-order chi connectivity index (χ0) is 6.69. The van der Waals surface area contributed by atoms with Crippen molar-refractivity contribution in [2.45, 2.75) is 12.6 Å². The van der Waals surface area contributed by atoms with Gasteiger partial charge in [0.2, 0.25) is 0 Å². The molecule has 3 heteroatoms. The van der Waals surface area contributed by atoms with Gasteiger partial charge in [0.05, 0.1) is 0 Å². The first kappa shape index (κ1) is 7.86. The van der Waals surface area contributed by atoms with Crippen LogP contribution in [0.2, 0.25) is 0 Å². The lowest BCUT2D eigenvalue weighted by molar-refractivity contribution is 0.276. The van der Waals surface area contributed by atoms with Crippen LogP contribution in [0.3, 0.4) is 0 Å². The van der Waals surface area contributed by atoms with Gasteiger partial charge in [-0.25, -0.2) is 4.39 Å². The third kappa shape index (κ3) is 2.11. The van der Waals surface area contributed by atoms with Gasteiger partial charge >= 0.3 is 0 Å². The Bertz CT molecular complexity index is 83.1. The molecule has 0 radical (unpaired) electrons. The summed E-state index contributed by atoms with van der Waals surface area (Å²) in [6, 6.07) is 0. The van der Waals surface area contributed by atoms with Crippen LogP contribution >= 0.6 is 27.7 Å². The first-order valence-corrected chi connectivity index (χ1v) is 5.40. The fourth-order valence-corrected chi connectivity index (χ4v) is 2.81. The minimum atomic E-state index is -0.611. The fourth-order valence-electron chi connectivity index (χ4n) is 0.964. The van der Waals surface area contributed by atoms with Crippen LogP contribution in [0, 0.1) is 5.92 Å². The number of hydrogen-bond donors (Lipinski definition) is 0. The maximum absolute atomic E-state index is 12.8. The van der Waals surface area contributed by atoms with E-state index in [9.17, 15) is 4.39 Å². The molecule has 1 rings (SSSR count). The van der Waals surface area contributed by atoms with Gasteiger partial charge in [0, 0.05) is 11.2 Å². The molecule has 0 nitrogen and oxygen atoms in total. The van der Waals surface area contributed by atoms with E-state index < -0.39 is 6.17 Å². The third-order valence-corrected chi connectivity index (χ3v) is 3.43. The van der Waals surface area contributed by atoms with Gasteiger partial charge in [0.25, 0.3) is 0 Å². The topological polar surface area (TPSA) is 0 Å². The highest BCUT2D eigenvalue weighted by Crippen LogP contribution is 2.28. The SMILES string of the molecule is FC(CBr)C1CCSC1. The number of alkyl halides is 2. The van der Waals surface area contributed by atoms with Gasteiger partial charge < -0.3 is 0 Å². The van der Waals surface area contributed by atoms with E-state index in [0.29, 0.717) is 11.2 Å². The predicted molar refractivity (Wildman–Crippen MR) is 44.1 cm³/mol. The molecule has 0 amide bonds. The van der Waals surface area contributed by atoms with Crippen molar-refractivity contribution in [2.24, 2.45) is 5.92 Å². The molecule has 0 N–H and O–H groups in total. The molecular weight excluding hydrogens is 203 g/mol. The quantitative estimate of drug-likeness (QED) is 0.635. The molecule has 54 valence electrons. The van der Waals surface area contributed by atoms with Gasteiger partial charge in [0.1, 0.15) is 6.17 Å². The highest BCUT2D eigenvalue weighted by molar-refractivity contribution is 9.09. The number of halogens is 2. The third-order valence-electron chi connectivity index (χ3n) is 1.62. The Morgan fingerprint density at radius 2 is 2.56 bits per heavy atom. The second-order valence-corrected chi connectivity index (χ2v) is 4.09. The summed E-state index contributed by atoms with van der Waals surface area (Å²) in [7, 11) is 0. The van der Waals surface area contributed by atoms with Gasteiger partial charge in [-0.1, -0.05) is 15.9 Å². The first-order chi connectivity index (χ1) is 4.34. The summed E-state index contributed by atoms with van der Waals surface area (Å²) in [5.41, 5.74) is 0. The molecule has 1 aliphatic rings. The van der Waals surface area contributed by atoms with Crippen LogP contribution in [0.5, 0.6) is 0 Å². The van der Waals surface area contributed by atoms with Crippen molar-refractivity contribution in [2.75, 3.05) is 16.8 Å². The molecule has 0 spiro atoms. The Kier molecular flexibility index (Phi) is 3.33. The van der Waals surface area contributed by atoms with E-state index in [0.717, 1.165) is 17.9 Å². The number of hydrogen-bond acceptors (Lipinski definition) is 1. The smallest absolute Gasteiger partial charge is 0.113 e. The van der Waals surface area contributed by atoms with Crippen LogP contribution in [-0.2, 0) is 0 Å². The summed E-state index contributed by atoms with van der Waals surface area (Å²) in [6.07, 6.45) is 0.456. The Labute approximate surface area is 67.7 Å². The molecule has 1 saturated heterocycles. The van der Waals surface area contributed by atoms with E-state index in [1.54, 1.807) is 0 Å². The van der Waals surface area contributed by atoms with Crippen molar-refractivity contribution in [3.63, 3.8) is 0 Å². The molecule has 0 saturated carbocycles. The molecule has 0 aliphatic carbocycles. The van der Waals surface area contributed by atoms with Crippen LogP contribution in [0.1, 0.15) is 6.42 Å². The molecule has 2 unspecified atom stereocenters. The second kappa shape index (κ2) is 3.81. The van der Waals surface area contributed by atoms with Gasteiger partial charge in [-0.05, 0) is 17.9 Å². The van der Waals surface area contributed by atoms with Gasteiger partial charge in [0.15, 0.2) is 0 Å². The summed E-state index contributed by atoms with van der Waals surface area (Å²) >= 11 is 5.01. The van der Waals surface area contributed by atoms with Crippen LogP contribution in [0.25, 0.3) is 0 Å². The molecule has 0 bridgehead atoms. The molecule has 0 aromatic rings. The van der Waals surface area contributed by atoms with Crippen LogP contribution in [-0.4, -0.2) is 23.0 Å². The minimum absolute atomic E-state index is 0.328. The minimum Gasteiger partial charge on any atom is -0.246 e. The summed E-state index contributed by atoms with van der Waals surface area (Å²) in [5, 5.41) is 0.512. The molecule has 1 heterocycles.